The highest BCUT2D eigenvalue weighted by Crippen LogP contribution is 2.08. The number of hydrogen-bond acceptors (Lipinski definition) is 5. The zero-order chi connectivity index (χ0) is 7.28. The molecular weight excluding hydrogens is 140 g/mol. The Balaban J connectivity index is 3.50. The Morgan fingerprint density at radius 2 is 2.33 bits per heavy atom. The lowest BCUT2D eigenvalue weighted by Gasteiger charge is -2.15. The van der Waals surface area contributed by atoms with Crippen LogP contribution in [0.15, 0.2) is 0 Å². The van der Waals surface area contributed by atoms with Crippen molar-refractivity contribution in [2.24, 2.45) is 11.6 Å². The van der Waals surface area contributed by atoms with Gasteiger partial charge in [0.05, 0.1) is 5.25 Å². The smallest absolute Gasteiger partial charge is 0.187 e. The molecule has 5 heteroatoms. The Bertz CT molecular complexity index is 69.6. The first-order valence-electron chi connectivity index (χ1n) is 2.52. The van der Waals surface area contributed by atoms with Gasteiger partial charge in [0.15, 0.2) is 6.29 Å². The molecule has 0 aromatic heterocycles. The summed E-state index contributed by atoms with van der Waals surface area (Å²) >= 11 is 1.42. The second-order valence-corrected chi connectivity index (χ2v) is 2.61. The maximum atomic E-state index is 8.87. The fourth-order valence-electron chi connectivity index (χ4n) is 0.417. The summed E-state index contributed by atoms with van der Waals surface area (Å²) < 4.78 is 0. The summed E-state index contributed by atoms with van der Waals surface area (Å²) in [7, 11) is 0. The van der Waals surface area contributed by atoms with E-state index in [9.17, 15) is 0 Å². The third kappa shape index (κ3) is 3.02. The largest absolute Gasteiger partial charge is 0.366 e. The molecule has 0 aromatic rings. The highest BCUT2D eigenvalue weighted by atomic mass is 32.2. The summed E-state index contributed by atoms with van der Waals surface area (Å²) in [6, 6.07) is 0. The Labute approximate surface area is 58.5 Å². The molecule has 0 aliphatic carbocycles. The van der Waals surface area contributed by atoms with Crippen molar-refractivity contribution in [3.05, 3.63) is 0 Å². The van der Waals surface area contributed by atoms with Crippen LogP contribution >= 0.6 is 11.8 Å². The summed E-state index contributed by atoms with van der Waals surface area (Å²) in [5.41, 5.74) is 5.24. The average Bonchev–Trinajstić information content (AvgIpc) is 1.90. The molecule has 0 bridgehead atoms. The maximum Gasteiger partial charge on any atom is 0.187 e. The van der Waals surface area contributed by atoms with Crippen molar-refractivity contribution in [2.75, 3.05) is 12.8 Å². The standard InChI is InChI=1S/C4H12N2O2S/c1-9-3(2-5)4(7)8-6/h3-4,7H,2,5-6H2,1H3. The summed E-state index contributed by atoms with van der Waals surface area (Å²) in [6.45, 7) is 0.361. The molecule has 0 saturated carbocycles. The van der Waals surface area contributed by atoms with Gasteiger partial charge in [-0.05, 0) is 6.26 Å². The van der Waals surface area contributed by atoms with Gasteiger partial charge in [-0.15, -0.1) is 0 Å². The van der Waals surface area contributed by atoms with E-state index in [0.717, 1.165) is 0 Å². The molecule has 5 N–H and O–H groups in total. The number of thioether (sulfide) groups is 1. The lowest BCUT2D eigenvalue weighted by molar-refractivity contribution is -0.0996. The lowest BCUT2D eigenvalue weighted by atomic mass is 10.4. The van der Waals surface area contributed by atoms with Crippen molar-refractivity contribution >= 4 is 11.8 Å². The zero-order valence-electron chi connectivity index (χ0n) is 5.28. The van der Waals surface area contributed by atoms with Gasteiger partial charge in [0.25, 0.3) is 0 Å². The van der Waals surface area contributed by atoms with E-state index in [4.69, 9.17) is 16.7 Å². The van der Waals surface area contributed by atoms with Gasteiger partial charge in [0.1, 0.15) is 0 Å². The molecule has 0 aliphatic heterocycles. The Kier molecular flexibility index (Phi) is 5.12. The van der Waals surface area contributed by atoms with Crippen molar-refractivity contribution < 1.29 is 9.94 Å². The first-order chi connectivity index (χ1) is 4.26. The van der Waals surface area contributed by atoms with E-state index in [1.54, 1.807) is 0 Å². The summed E-state index contributed by atoms with van der Waals surface area (Å²) in [5.74, 6) is 4.71. The predicted octanol–water partition coefficient (Wildman–Crippen LogP) is -1.11. The summed E-state index contributed by atoms with van der Waals surface area (Å²) in [4.78, 5) is 4.15. The third-order valence-corrected chi connectivity index (χ3v) is 2.02. The first kappa shape index (κ1) is 9.19. The van der Waals surface area contributed by atoms with E-state index < -0.39 is 6.29 Å². The highest BCUT2D eigenvalue weighted by molar-refractivity contribution is 7.99. The maximum absolute atomic E-state index is 8.87. The van der Waals surface area contributed by atoms with Gasteiger partial charge in [-0.2, -0.15) is 11.8 Å². The van der Waals surface area contributed by atoms with E-state index in [2.05, 4.69) is 4.84 Å². The van der Waals surface area contributed by atoms with E-state index >= 15 is 0 Å². The van der Waals surface area contributed by atoms with E-state index in [1.165, 1.54) is 11.8 Å². The van der Waals surface area contributed by atoms with Crippen LogP contribution in [0, 0.1) is 0 Å². The fourth-order valence-corrected chi connectivity index (χ4v) is 0.906. The summed E-state index contributed by atoms with van der Waals surface area (Å²) in [5, 5.41) is 8.74. The van der Waals surface area contributed by atoms with Gasteiger partial charge in [0, 0.05) is 6.54 Å². The van der Waals surface area contributed by atoms with Crippen molar-refractivity contribution in [3.63, 3.8) is 0 Å². The van der Waals surface area contributed by atoms with Crippen LogP contribution in [-0.4, -0.2) is 29.4 Å². The van der Waals surface area contributed by atoms with Gasteiger partial charge in [-0.1, -0.05) is 0 Å². The molecule has 0 heterocycles. The topological polar surface area (TPSA) is 81.5 Å². The number of aliphatic hydroxyl groups is 1. The van der Waals surface area contributed by atoms with Crippen LogP contribution in [0.5, 0.6) is 0 Å². The van der Waals surface area contributed by atoms with Gasteiger partial charge in [-0.25, -0.2) is 5.90 Å². The Morgan fingerprint density at radius 1 is 1.78 bits per heavy atom. The number of nitrogens with two attached hydrogens (primary N) is 2. The van der Waals surface area contributed by atoms with E-state index in [0.29, 0.717) is 6.54 Å². The quantitative estimate of drug-likeness (QED) is 0.351. The molecule has 0 aromatic carbocycles. The van der Waals surface area contributed by atoms with Crippen molar-refractivity contribution in [1.29, 1.82) is 0 Å². The molecule has 9 heavy (non-hydrogen) atoms. The molecule has 2 atom stereocenters. The molecule has 2 unspecified atom stereocenters. The molecule has 0 rings (SSSR count). The molecule has 56 valence electrons. The number of rotatable bonds is 4. The molecule has 0 spiro atoms. The zero-order valence-corrected chi connectivity index (χ0v) is 6.10. The van der Waals surface area contributed by atoms with Crippen LogP contribution < -0.4 is 11.6 Å². The Hall–Kier alpha value is 0.190. The molecular formula is C4H12N2O2S. The van der Waals surface area contributed by atoms with Crippen LogP contribution in [0.1, 0.15) is 0 Å². The third-order valence-electron chi connectivity index (χ3n) is 0.993. The minimum atomic E-state index is -0.954. The highest BCUT2D eigenvalue weighted by Gasteiger charge is 2.15. The predicted molar refractivity (Wildman–Crippen MR) is 37.6 cm³/mol. The summed E-state index contributed by atoms with van der Waals surface area (Å²) in [6.07, 6.45) is 0.879. The molecule has 0 saturated heterocycles. The van der Waals surface area contributed by atoms with E-state index in [-0.39, 0.29) is 5.25 Å². The van der Waals surface area contributed by atoms with Crippen molar-refractivity contribution in [3.8, 4) is 0 Å². The first-order valence-corrected chi connectivity index (χ1v) is 3.81. The fraction of sp³-hybridized carbons (Fsp3) is 1.00. The lowest BCUT2D eigenvalue weighted by Crippen LogP contribution is -2.34. The van der Waals surface area contributed by atoms with E-state index in [1.807, 2.05) is 6.26 Å². The SMILES string of the molecule is CSC(CN)C(O)ON. The molecule has 0 radical (unpaired) electrons. The number of hydrogen-bond donors (Lipinski definition) is 3. The van der Waals surface area contributed by atoms with Crippen LogP contribution in [-0.2, 0) is 4.84 Å². The molecule has 0 amide bonds. The van der Waals surface area contributed by atoms with Gasteiger partial charge >= 0.3 is 0 Å². The van der Waals surface area contributed by atoms with Gasteiger partial charge < -0.3 is 10.8 Å². The van der Waals surface area contributed by atoms with Crippen LogP contribution in [0.3, 0.4) is 0 Å². The second-order valence-electron chi connectivity index (χ2n) is 1.54. The van der Waals surface area contributed by atoms with Crippen molar-refractivity contribution in [1.82, 2.24) is 0 Å². The van der Waals surface area contributed by atoms with Crippen LogP contribution in [0.4, 0.5) is 0 Å². The normalized spacial score (nSPS) is 17.3. The van der Waals surface area contributed by atoms with Gasteiger partial charge in [-0.3, -0.25) is 4.84 Å². The molecule has 4 nitrogen and oxygen atoms in total. The van der Waals surface area contributed by atoms with Crippen LogP contribution in [0.2, 0.25) is 0 Å². The second kappa shape index (κ2) is 5.01. The number of aliphatic hydroxyl groups excluding tert-OH is 1. The average molecular weight is 152 g/mol. The minimum absolute atomic E-state index is 0.130. The van der Waals surface area contributed by atoms with Crippen molar-refractivity contribution in [2.45, 2.75) is 11.5 Å². The van der Waals surface area contributed by atoms with Crippen LogP contribution in [0.25, 0.3) is 0 Å². The minimum Gasteiger partial charge on any atom is -0.366 e. The molecule has 0 fully saturated rings. The molecule has 0 aliphatic rings. The van der Waals surface area contributed by atoms with Gasteiger partial charge in [0.2, 0.25) is 0 Å². The Morgan fingerprint density at radius 3 is 2.44 bits per heavy atom. The monoisotopic (exact) mass is 152 g/mol.